The van der Waals surface area contributed by atoms with Gasteiger partial charge in [0.25, 0.3) is 0 Å². The summed E-state index contributed by atoms with van der Waals surface area (Å²) >= 11 is 0. The summed E-state index contributed by atoms with van der Waals surface area (Å²) in [7, 11) is 0. The van der Waals surface area contributed by atoms with Gasteiger partial charge in [0.05, 0.1) is 12.2 Å². The Hall–Kier alpha value is -0.380. The maximum absolute atomic E-state index is 9.14. The normalized spacial score (nSPS) is 41.2. The molecule has 0 bridgehead atoms. The smallest absolute Gasteiger partial charge is 0.0997 e. The average Bonchev–Trinajstić information content (AvgIpc) is 1.82. The Bertz CT molecular complexity index is 156. The van der Waals surface area contributed by atoms with E-state index in [2.05, 4.69) is 0 Å². The number of aliphatic hydroxyl groups excluding tert-OH is 2. The van der Waals surface area contributed by atoms with Crippen LogP contribution in [0.15, 0.2) is 11.6 Å². The van der Waals surface area contributed by atoms with Gasteiger partial charge in [-0.25, -0.2) is 0 Å². The first-order valence-electron chi connectivity index (χ1n) is 3.40. The molecule has 0 saturated carbocycles. The molecule has 4 N–H and O–H groups in total. The van der Waals surface area contributed by atoms with Crippen molar-refractivity contribution in [3.8, 4) is 0 Å². The minimum atomic E-state index is -0.788. The maximum Gasteiger partial charge on any atom is 0.0997 e. The highest BCUT2D eigenvalue weighted by Crippen LogP contribution is 2.16. The standard InChI is InChI=1S/C7H13NO2/c1-4-2-5(8)7(10)6(9)3-4/h3,5-7,9-10H,2,8H2,1H3/t5-,6-,7+/m1/s1. The number of nitrogens with two attached hydrogens (primary N) is 1. The third kappa shape index (κ3) is 1.37. The fourth-order valence-corrected chi connectivity index (χ4v) is 1.20. The quantitative estimate of drug-likeness (QED) is 0.396. The van der Waals surface area contributed by atoms with E-state index in [0.29, 0.717) is 6.42 Å². The third-order valence-electron chi connectivity index (χ3n) is 1.80. The van der Waals surface area contributed by atoms with Gasteiger partial charge < -0.3 is 15.9 Å². The lowest BCUT2D eigenvalue weighted by atomic mass is 9.92. The molecule has 0 aromatic carbocycles. The van der Waals surface area contributed by atoms with Gasteiger partial charge in [0.2, 0.25) is 0 Å². The van der Waals surface area contributed by atoms with Gasteiger partial charge in [-0.3, -0.25) is 0 Å². The zero-order valence-corrected chi connectivity index (χ0v) is 5.99. The van der Waals surface area contributed by atoms with Crippen LogP contribution in [-0.4, -0.2) is 28.5 Å². The highest BCUT2D eigenvalue weighted by Gasteiger charge is 2.25. The van der Waals surface area contributed by atoms with Crippen molar-refractivity contribution in [2.75, 3.05) is 0 Å². The summed E-state index contributed by atoms with van der Waals surface area (Å²) < 4.78 is 0. The Morgan fingerprint density at radius 3 is 2.70 bits per heavy atom. The van der Waals surface area contributed by atoms with Crippen molar-refractivity contribution in [3.63, 3.8) is 0 Å². The lowest BCUT2D eigenvalue weighted by Gasteiger charge is -2.27. The Morgan fingerprint density at radius 1 is 1.60 bits per heavy atom. The summed E-state index contributed by atoms with van der Waals surface area (Å²) in [5, 5.41) is 18.3. The molecule has 3 atom stereocenters. The lowest BCUT2D eigenvalue weighted by Crippen LogP contribution is -2.44. The van der Waals surface area contributed by atoms with E-state index < -0.39 is 12.2 Å². The Kier molecular flexibility index (Phi) is 2.08. The Balaban J connectivity index is 2.69. The molecule has 0 unspecified atom stereocenters. The lowest BCUT2D eigenvalue weighted by molar-refractivity contribution is 0.0248. The molecule has 0 heterocycles. The number of rotatable bonds is 0. The fourth-order valence-electron chi connectivity index (χ4n) is 1.20. The van der Waals surface area contributed by atoms with Crippen LogP contribution in [0.4, 0.5) is 0 Å². The molecular formula is C7H13NO2. The highest BCUT2D eigenvalue weighted by atomic mass is 16.3. The molecule has 0 aromatic rings. The van der Waals surface area contributed by atoms with E-state index in [1.807, 2.05) is 6.92 Å². The molecule has 0 aromatic heterocycles. The molecule has 0 saturated heterocycles. The van der Waals surface area contributed by atoms with Gasteiger partial charge in [0.1, 0.15) is 0 Å². The molecule has 1 aliphatic carbocycles. The first-order valence-corrected chi connectivity index (χ1v) is 3.40. The monoisotopic (exact) mass is 143 g/mol. The molecule has 58 valence electrons. The predicted molar refractivity (Wildman–Crippen MR) is 38.4 cm³/mol. The molecule has 1 aliphatic rings. The highest BCUT2D eigenvalue weighted by molar-refractivity contribution is 5.12. The average molecular weight is 143 g/mol. The summed E-state index contributed by atoms with van der Waals surface area (Å²) in [4.78, 5) is 0. The van der Waals surface area contributed by atoms with Gasteiger partial charge in [-0.1, -0.05) is 11.6 Å². The molecule has 0 spiro atoms. The largest absolute Gasteiger partial charge is 0.388 e. The van der Waals surface area contributed by atoms with Gasteiger partial charge in [-0.05, 0) is 13.3 Å². The van der Waals surface area contributed by atoms with E-state index in [-0.39, 0.29) is 6.04 Å². The summed E-state index contributed by atoms with van der Waals surface area (Å²) in [6, 6.07) is -0.306. The molecular weight excluding hydrogens is 130 g/mol. The first kappa shape index (κ1) is 7.72. The molecule has 0 aliphatic heterocycles. The molecule has 1 rings (SSSR count). The van der Waals surface area contributed by atoms with Gasteiger partial charge in [-0.15, -0.1) is 0 Å². The third-order valence-corrected chi connectivity index (χ3v) is 1.80. The topological polar surface area (TPSA) is 66.5 Å². The Morgan fingerprint density at radius 2 is 2.20 bits per heavy atom. The van der Waals surface area contributed by atoms with Crippen molar-refractivity contribution in [1.29, 1.82) is 0 Å². The molecule has 0 fully saturated rings. The number of hydrogen-bond donors (Lipinski definition) is 3. The molecule has 3 heteroatoms. The number of hydrogen-bond acceptors (Lipinski definition) is 3. The maximum atomic E-state index is 9.14. The second-order valence-electron chi connectivity index (χ2n) is 2.86. The predicted octanol–water partition coefficient (Wildman–Crippen LogP) is -0.615. The van der Waals surface area contributed by atoms with E-state index in [9.17, 15) is 0 Å². The second kappa shape index (κ2) is 2.70. The summed E-state index contributed by atoms with van der Waals surface area (Å²) in [6.07, 6.45) is 0.763. The SMILES string of the molecule is CC1=C[C@@H](O)[C@@H](O)[C@H](N)C1. The van der Waals surface area contributed by atoms with Crippen LogP contribution in [0, 0.1) is 0 Å². The van der Waals surface area contributed by atoms with Gasteiger partial charge in [-0.2, -0.15) is 0 Å². The van der Waals surface area contributed by atoms with Gasteiger partial charge >= 0.3 is 0 Å². The number of aliphatic hydroxyl groups is 2. The van der Waals surface area contributed by atoms with E-state index in [0.717, 1.165) is 5.57 Å². The minimum Gasteiger partial charge on any atom is -0.388 e. The molecule has 10 heavy (non-hydrogen) atoms. The van der Waals surface area contributed by atoms with Crippen molar-refractivity contribution in [2.24, 2.45) is 5.73 Å². The fraction of sp³-hybridized carbons (Fsp3) is 0.714. The summed E-state index contributed by atoms with van der Waals surface area (Å²) in [5.74, 6) is 0. The first-order chi connectivity index (χ1) is 4.61. The van der Waals surface area contributed by atoms with Crippen molar-refractivity contribution >= 4 is 0 Å². The minimum absolute atomic E-state index is 0.306. The summed E-state index contributed by atoms with van der Waals surface area (Å²) in [6.45, 7) is 1.90. The van der Waals surface area contributed by atoms with Crippen LogP contribution in [0.3, 0.4) is 0 Å². The van der Waals surface area contributed by atoms with Gasteiger partial charge in [0.15, 0.2) is 0 Å². The van der Waals surface area contributed by atoms with Crippen LogP contribution in [0.2, 0.25) is 0 Å². The van der Waals surface area contributed by atoms with Gasteiger partial charge in [0, 0.05) is 6.04 Å². The molecule has 0 radical (unpaired) electrons. The van der Waals surface area contributed by atoms with Crippen molar-refractivity contribution in [2.45, 2.75) is 31.6 Å². The summed E-state index contributed by atoms with van der Waals surface area (Å²) in [5.41, 5.74) is 6.55. The zero-order valence-electron chi connectivity index (χ0n) is 5.99. The van der Waals surface area contributed by atoms with E-state index >= 15 is 0 Å². The van der Waals surface area contributed by atoms with Crippen molar-refractivity contribution in [3.05, 3.63) is 11.6 Å². The second-order valence-corrected chi connectivity index (χ2v) is 2.86. The van der Waals surface area contributed by atoms with Crippen LogP contribution in [-0.2, 0) is 0 Å². The van der Waals surface area contributed by atoms with Crippen molar-refractivity contribution in [1.82, 2.24) is 0 Å². The Labute approximate surface area is 60.2 Å². The zero-order chi connectivity index (χ0) is 7.72. The van der Waals surface area contributed by atoms with Crippen LogP contribution >= 0.6 is 0 Å². The van der Waals surface area contributed by atoms with Crippen molar-refractivity contribution < 1.29 is 10.2 Å². The molecule has 3 nitrogen and oxygen atoms in total. The van der Waals surface area contributed by atoms with E-state index in [4.69, 9.17) is 15.9 Å². The van der Waals surface area contributed by atoms with Crippen LogP contribution in [0.5, 0.6) is 0 Å². The molecule has 0 amide bonds. The van der Waals surface area contributed by atoms with E-state index in [1.54, 1.807) is 6.08 Å². The van der Waals surface area contributed by atoms with Crippen LogP contribution in [0.25, 0.3) is 0 Å². The van der Waals surface area contributed by atoms with Crippen LogP contribution in [0.1, 0.15) is 13.3 Å². The van der Waals surface area contributed by atoms with Crippen LogP contribution < -0.4 is 5.73 Å². The van der Waals surface area contributed by atoms with E-state index in [1.165, 1.54) is 0 Å².